The number of nitrogens with zero attached hydrogens (tertiary/aromatic N) is 1. The molecule has 31 heavy (non-hydrogen) atoms. The van der Waals surface area contributed by atoms with E-state index in [2.05, 4.69) is 26.9 Å². The number of rotatable bonds is 9. The lowest BCUT2D eigenvalue weighted by atomic mass is 10.2. The number of nitrogens with one attached hydrogen (secondary N) is 2. The zero-order valence-electron chi connectivity index (χ0n) is 15.8. The number of aromatic nitrogens is 1. The highest BCUT2D eigenvalue weighted by molar-refractivity contribution is 6.02. The predicted molar refractivity (Wildman–Crippen MR) is 98.2 cm³/mol. The van der Waals surface area contributed by atoms with Gasteiger partial charge in [0.25, 0.3) is 11.8 Å². The number of pyridine rings is 1. The first kappa shape index (κ1) is 23.6. The summed E-state index contributed by atoms with van der Waals surface area (Å²) in [5, 5.41) is 4.78. The Hall–Kier alpha value is -3.70. The van der Waals surface area contributed by atoms with Crippen LogP contribution >= 0.6 is 0 Å². The van der Waals surface area contributed by atoms with Crippen molar-refractivity contribution >= 4 is 17.6 Å². The summed E-state index contributed by atoms with van der Waals surface area (Å²) in [7, 11) is 0. The zero-order valence-corrected chi connectivity index (χ0v) is 15.8. The molecule has 1 aromatic carbocycles. The molecule has 0 saturated heterocycles. The van der Waals surface area contributed by atoms with Gasteiger partial charge in [0.1, 0.15) is 17.3 Å². The van der Waals surface area contributed by atoms with Gasteiger partial charge in [0.2, 0.25) is 0 Å². The summed E-state index contributed by atoms with van der Waals surface area (Å²) in [5.41, 5.74) is 0.0687. The third-order valence-corrected chi connectivity index (χ3v) is 3.54. The summed E-state index contributed by atoms with van der Waals surface area (Å²) in [6, 6.07) is 4.91. The topological polar surface area (TPSA) is 89.5 Å². The summed E-state index contributed by atoms with van der Waals surface area (Å²) in [4.78, 5) is 27.3. The second-order valence-electron chi connectivity index (χ2n) is 5.95. The van der Waals surface area contributed by atoms with E-state index in [1.807, 2.05) is 0 Å². The summed E-state index contributed by atoms with van der Waals surface area (Å²) in [6.07, 6.45) is -4.01. The molecule has 0 bridgehead atoms. The fourth-order valence-electron chi connectivity index (χ4n) is 2.09. The summed E-state index contributed by atoms with van der Waals surface area (Å²) >= 11 is 0. The molecule has 0 fully saturated rings. The Kier molecular flexibility index (Phi) is 7.88. The van der Waals surface area contributed by atoms with Gasteiger partial charge in [-0.1, -0.05) is 6.58 Å². The van der Waals surface area contributed by atoms with Crippen molar-refractivity contribution in [1.82, 2.24) is 10.3 Å². The Bertz CT molecular complexity index is 949. The predicted octanol–water partition coefficient (Wildman–Crippen LogP) is 3.34. The summed E-state index contributed by atoms with van der Waals surface area (Å²) in [6.45, 7) is 3.12. The Morgan fingerprint density at radius 3 is 2.39 bits per heavy atom. The van der Waals surface area contributed by atoms with Crippen molar-refractivity contribution in [3.05, 3.63) is 60.3 Å². The molecule has 166 valence electrons. The molecular formula is C19H16F5N3O4. The quantitative estimate of drug-likeness (QED) is 0.457. The average Bonchev–Trinajstić information content (AvgIpc) is 2.69. The monoisotopic (exact) mass is 445 g/mol. The molecule has 0 unspecified atom stereocenters. The number of anilines is 1. The first-order chi connectivity index (χ1) is 14.5. The van der Waals surface area contributed by atoms with Crippen molar-refractivity contribution in [3.8, 4) is 11.5 Å². The largest absolute Gasteiger partial charge is 0.573 e. The van der Waals surface area contributed by atoms with Crippen LogP contribution in [0.15, 0.2) is 48.7 Å². The van der Waals surface area contributed by atoms with Crippen LogP contribution in [0.5, 0.6) is 11.5 Å². The second kappa shape index (κ2) is 10.4. The standard InChI is InChI=1S/C19H16F5N3O4/c1-11(18(29)27-16-5-3-13(9-26-16)31-19(22,23)24)6-7-25-17(28)10-30-12-2-4-14(20)15(21)8-12/h2-5,8-9H,1,6-7,10H2,(H,25,28)(H,26,27,29). The Labute approximate surface area is 172 Å². The molecule has 0 radical (unpaired) electrons. The van der Waals surface area contributed by atoms with E-state index in [4.69, 9.17) is 4.74 Å². The number of halogens is 5. The van der Waals surface area contributed by atoms with Crippen LogP contribution in [0.1, 0.15) is 6.42 Å². The van der Waals surface area contributed by atoms with Crippen molar-refractivity contribution in [2.75, 3.05) is 18.5 Å². The molecule has 2 amide bonds. The first-order valence-electron chi connectivity index (χ1n) is 8.59. The van der Waals surface area contributed by atoms with Crippen LogP contribution in [-0.4, -0.2) is 36.3 Å². The lowest BCUT2D eigenvalue weighted by Crippen LogP contribution is -2.30. The maximum atomic E-state index is 13.1. The number of ether oxygens (including phenoxy) is 2. The van der Waals surface area contributed by atoms with Gasteiger partial charge in [-0.2, -0.15) is 0 Å². The van der Waals surface area contributed by atoms with Crippen molar-refractivity contribution in [2.24, 2.45) is 0 Å². The SMILES string of the molecule is C=C(CCNC(=O)COc1ccc(F)c(F)c1)C(=O)Nc1ccc(OC(F)(F)F)cn1. The number of alkyl halides is 3. The van der Waals surface area contributed by atoms with E-state index >= 15 is 0 Å². The fourth-order valence-corrected chi connectivity index (χ4v) is 2.09. The molecule has 1 aromatic heterocycles. The third-order valence-electron chi connectivity index (χ3n) is 3.54. The molecule has 0 atom stereocenters. The van der Waals surface area contributed by atoms with E-state index in [1.54, 1.807) is 0 Å². The van der Waals surface area contributed by atoms with Crippen molar-refractivity contribution in [3.63, 3.8) is 0 Å². The summed E-state index contributed by atoms with van der Waals surface area (Å²) in [5.74, 6) is -3.98. The number of hydrogen-bond donors (Lipinski definition) is 2. The highest BCUT2D eigenvalue weighted by Gasteiger charge is 2.31. The van der Waals surface area contributed by atoms with Crippen molar-refractivity contribution in [2.45, 2.75) is 12.8 Å². The molecule has 0 spiro atoms. The van der Waals surface area contributed by atoms with E-state index in [1.165, 1.54) is 0 Å². The summed E-state index contributed by atoms with van der Waals surface area (Å²) < 4.78 is 70.9. The van der Waals surface area contributed by atoms with Gasteiger partial charge in [0, 0.05) is 18.2 Å². The number of amides is 2. The lowest BCUT2D eigenvalue weighted by molar-refractivity contribution is -0.274. The van der Waals surface area contributed by atoms with Gasteiger partial charge in [0.15, 0.2) is 18.2 Å². The molecule has 0 aliphatic rings. The molecule has 0 aliphatic heterocycles. The van der Waals surface area contributed by atoms with Crippen LogP contribution in [0.3, 0.4) is 0 Å². The number of benzene rings is 1. The van der Waals surface area contributed by atoms with Gasteiger partial charge in [-0.3, -0.25) is 9.59 Å². The molecule has 12 heteroatoms. The Morgan fingerprint density at radius 1 is 1.06 bits per heavy atom. The maximum Gasteiger partial charge on any atom is 0.573 e. The van der Waals surface area contributed by atoms with Gasteiger partial charge in [-0.15, -0.1) is 13.2 Å². The normalized spacial score (nSPS) is 10.9. The minimum Gasteiger partial charge on any atom is -0.484 e. The molecule has 1 heterocycles. The number of carbonyl (C=O) groups excluding carboxylic acids is 2. The molecule has 0 aliphatic carbocycles. The fraction of sp³-hybridized carbons (Fsp3) is 0.211. The van der Waals surface area contributed by atoms with Crippen molar-refractivity contribution < 1.29 is 41.0 Å². The van der Waals surface area contributed by atoms with E-state index in [0.717, 1.165) is 36.5 Å². The highest BCUT2D eigenvalue weighted by Crippen LogP contribution is 2.22. The second-order valence-corrected chi connectivity index (χ2v) is 5.95. The molecule has 0 saturated carbocycles. The van der Waals surface area contributed by atoms with Gasteiger partial charge < -0.3 is 20.1 Å². The van der Waals surface area contributed by atoms with Crippen LogP contribution in [0.4, 0.5) is 27.8 Å². The molecule has 2 aromatic rings. The number of carbonyl (C=O) groups is 2. The van der Waals surface area contributed by atoms with Crippen LogP contribution < -0.4 is 20.1 Å². The smallest absolute Gasteiger partial charge is 0.484 e. The zero-order chi connectivity index (χ0) is 23.0. The van der Waals surface area contributed by atoms with Gasteiger partial charge >= 0.3 is 6.36 Å². The van der Waals surface area contributed by atoms with Gasteiger partial charge in [-0.05, 0) is 30.7 Å². The van der Waals surface area contributed by atoms with Gasteiger partial charge in [-0.25, -0.2) is 13.8 Å². The lowest BCUT2D eigenvalue weighted by Gasteiger charge is -2.10. The molecule has 2 N–H and O–H groups in total. The molecule has 7 nitrogen and oxygen atoms in total. The van der Waals surface area contributed by atoms with Crippen LogP contribution in [0.2, 0.25) is 0 Å². The maximum absolute atomic E-state index is 13.1. The molecule has 2 rings (SSSR count). The van der Waals surface area contributed by atoms with Crippen molar-refractivity contribution in [1.29, 1.82) is 0 Å². The van der Waals surface area contributed by atoms with Crippen LogP contribution in [0, 0.1) is 11.6 Å². The first-order valence-corrected chi connectivity index (χ1v) is 8.59. The van der Waals surface area contributed by atoms with Crippen LogP contribution in [-0.2, 0) is 9.59 Å². The van der Waals surface area contributed by atoms with E-state index in [9.17, 15) is 31.5 Å². The Morgan fingerprint density at radius 2 is 1.77 bits per heavy atom. The Balaban J connectivity index is 1.70. The minimum atomic E-state index is -4.86. The highest BCUT2D eigenvalue weighted by atomic mass is 19.4. The van der Waals surface area contributed by atoms with E-state index < -0.39 is 42.2 Å². The number of hydrogen-bond acceptors (Lipinski definition) is 5. The minimum absolute atomic E-state index is 0.0235. The van der Waals surface area contributed by atoms with E-state index in [0.29, 0.717) is 0 Å². The van der Waals surface area contributed by atoms with E-state index in [-0.39, 0.29) is 30.1 Å². The third kappa shape index (κ3) is 8.28. The van der Waals surface area contributed by atoms with Crippen LogP contribution in [0.25, 0.3) is 0 Å². The van der Waals surface area contributed by atoms with Gasteiger partial charge in [0.05, 0.1) is 6.20 Å². The molecular weight excluding hydrogens is 429 g/mol. The average molecular weight is 445 g/mol.